The molecule has 0 spiro atoms. The zero-order valence-electron chi connectivity index (χ0n) is 11.5. The van der Waals surface area contributed by atoms with Gasteiger partial charge in [0.15, 0.2) is 0 Å². The van der Waals surface area contributed by atoms with Gasteiger partial charge in [-0.3, -0.25) is 4.79 Å². The van der Waals surface area contributed by atoms with E-state index in [2.05, 4.69) is 4.98 Å². The topological polar surface area (TPSA) is 79.7 Å². The number of aliphatic carboxylic acids is 1. The zero-order valence-corrected chi connectivity index (χ0v) is 12.4. The van der Waals surface area contributed by atoms with Crippen molar-refractivity contribution in [3.63, 3.8) is 0 Å². The highest BCUT2D eigenvalue weighted by Gasteiger charge is 2.35. The Bertz CT molecular complexity index is 502. The fraction of sp³-hybridized carbons (Fsp3) is 0.615. The molecule has 0 radical (unpaired) electrons. The minimum atomic E-state index is -0.941. The summed E-state index contributed by atoms with van der Waals surface area (Å²) in [4.78, 5) is 29.6. The van der Waals surface area contributed by atoms with Gasteiger partial charge in [-0.05, 0) is 26.7 Å². The molecule has 1 unspecified atom stereocenters. The molecule has 20 heavy (non-hydrogen) atoms. The number of hydrogen-bond acceptors (Lipinski definition) is 5. The number of carbonyl (C=O) groups is 2. The number of likely N-dealkylation sites (tertiary alicyclic amines) is 1. The minimum Gasteiger partial charge on any atom is -0.480 e. The van der Waals surface area contributed by atoms with Gasteiger partial charge in [-0.1, -0.05) is 0 Å². The summed E-state index contributed by atoms with van der Waals surface area (Å²) >= 11 is 1.27. The third-order valence-electron chi connectivity index (χ3n) is 3.30. The van der Waals surface area contributed by atoms with Gasteiger partial charge in [0.05, 0.1) is 6.20 Å². The highest BCUT2D eigenvalue weighted by atomic mass is 32.1. The Morgan fingerprint density at radius 1 is 1.65 bits per heavy atom. The standard InChI is InChI=1S/C13H18N2O4S/c1-3-19-8(2)11-14-7-10(20-11)12(16)15-6-4-5-9(15)13(17)18/h7-9H,3-6H2,1-2H3,(H,17,18)/t8?,9-/m0/s1. The largest absolute Gasteiger partial charge is 0.480 e. The van der Waals surface area contributed by atoms with Crippen LogP contribution < -0.4 is 0 Å². The number of carboxylic acid groups (broad SMARTS) is 1. The van der Waals surface area contributed by atoms with Gasteiger partial charge >= 0.3 is 5.97 Å². The van der Waals surface area contributed by atoms with E-state index in [1.807, 2.05) is 13.8 Å². The first-order chi connectivity index (χ1) is 9.54. The average molecular weight is 298 g/mol. The predicted octanol–water partition coefficient (Wildman–Crippen LogP) is 1.93. The van der Waals surface area contributed by atoms with Crippen LogP contribution in [0.3, 0.4) is 0 Å². The van der Waals surface area contributed by atoms with Crippen LogP contribution in [-0.4, -0.2) is 46.1 Å². The molecule has 0 saturated carbocycles. The third-order valence-corrected chi connectivity index (χ3v) is 4.44. The molecule has 1 aliphatic rings. The lowest BCUT2D eigenvalue weighted by atomic mass is 10.2. The number of hydrogen-bond donors (Lipinski definition) is 1. The summed E-state index contributed by atoms with van der Waals surface area (Å²) in [6.45, 7) is 4.85. The lowest BCUT2D eigenvalue weighted by Gasteiger charge is -2.20. The molecule has 1 amide bonds. The van der Waals surface area contributed by atoms with E-state index in [0.29, 0.717) is 24.4 Å². The molecule has 0 aliphatic carbocycles. The van der Waals surface area contributed by atoms with Gasteiger partial charge in [0.25, 0.3) is 5.91 Å². The smallest absolute Gasteiger partial charge is 0.326 e. The van der Waals surface area contributed by atoms with Crippen LogP contribution in [0.4, 0.5) is 0 Å². The van der Waals surface area contributed by atoms with Crippen LogP contribution in [0.5, 0.6) is 0 Å². The van der Waals surface area contributed by atoms with Crippen molar-refractivity contribution in [1.29, 1.82) is 0 Å². The monoisotopic (exact) mass is 298 g/mol. The van der Waals surface area contributed by atoms with Crippen molar-refractivity contribution in [2.45, 2.75) is 38.8 Å². The summed E-state index contributed by atoms with van der Waals surface area (Å²) in [7, 11) is 0. The molecule has 1 aromatic rings. The van der Waals surface area contributed by atoms with Gasteiger partial charge in [0, 0.05) is 13.2 Å². The highest BCUT2D eigenvalue weighted by molar-refractivity contribution is 7.13. The summed E-state index contributed by atoms with van der Waals surface area (Å²) in [5, 5.41) is 9.85. The average Bonchev–Trinajstić information content (AvgIpc) is 3.07. The van der Waals surface area contributed by atoms with Gasteiger partial charge in [0.1, 0.15) is 22.0 Å². The van der Waals surface area contributed by atoms with E-state index >= 15 is 0 Å². The normalized spacial score (nSPS) is 20.1. The molecule has 2 rings (SSSR count). The predicted molar refractivity (Wildman–Crippen MR) is 73.8 cm³/mol. The summed E-state index contributed by atoms with van der Waals surface area (Å²) in [6.07, 6.45) is 2.60. The van der Waals surface area contributed by atoms with E-state index in [1.165, 1.54) is 22.4 Å². The van der Waals surface area contributed by atoms with Crippen molar-refractivity contribution >= 4 is 23.2 Å². The van der Waals surface area contributed by atoms with Gasteiger partial charge < -0.3 is 14.7 Å². The number of carboxylic acids is 1. The Kier molecular flexibility index (Phi) is 4.72. The Morgan fingerprint density at radius 2 is 2.40 bits per heavy atom. The van der Waals surface area contributed by atoms with Crippen LogP contribution in [0.15, 0.2) is 6.20 Å². The Labute approximate surface area is 121 Å². The van der Waals surface area contributed by atoms with Crippen LogP contribution in [-0.2, 0) is 9.53 Å². The second-order valence-electron chi connectivity index (χ2n) is 4.66. The van der Waals surface area contributed by atoms with Crippen LogP contribution in [0, 0.1) is 0 Å². The molecule has 2 heterocycles. The quantitative estimate of drug-likeness (QED) is 0.898. The molecule has 7 heteroatoms. The number of nitrogens with zero attached hydrogens (tertiary/aromatic N) is 2. The molecule has 2 atom stereocenters. The van der Waals surface area contributed by atoms with Crippen molar-refractivity contribution in [3.05, 3.63) is 16.1 Å². The van der Waals surface area contributed by atoms with E-state index in [-0.39, 0.29) is 12.0 Å². The maximum Gasteiger partial charge on any atom is 0.326 e. The summed E-state index contributed by atoms with van der Waals surface area (Å²) < 4.78 is 5.43. The fourth-order valence-electron chi connectivity index (χ4n) is 2.30. The number of rotatable bonds is 5. The molecular formula is C13H18N2O4S. The number of thiazole rings is 1. The van der Waals surface area contributed by atoms with Crippen molar-refractivity contribution < 1.29 is 19.4 Å². The van der Waals surface area contributed by atoms with Crippen LogP contribution in [0.25, 0.3) is 0 Å². The summed E-state index contributed by atoms with van der Waals surface area (Å²) in [5.41, 5.74) is 0. The van der Waals surface area contributed by atoms with E-state index < -0.39 is 12.0 Å². The zero-order chi connectivity index (χ0) is 14.7. The lowest BCUT2D eigenvalue weighted by molar-refractivity contribution is -0.141. The molecule has 1 saturated heterocycles. The number of ether oxygens (including phenoxy) is 1. The number of carbonyl (C=O) groups excluding carboxylic acids is 1. The van der Waals surface area contributed by atoms with Crippen molar-refractivity contribution in [3.8, 4) is 0 Å². The molecule has 1 aliphatic heterocycles. The Hall–Kier alpha value is -1.47. The first-order valence-corrected chi connectivity index (χ1v) is 7.47. The molecule has 1 aromatic heterocycles. The van der Waals surface area contributed by atoms with Crippen molar-refractivity contribution in [2.24, 2.45) is 0 Å². The van der Waals surface area contributed by atoms with Gasteiger partial charge in [-0.2, -0.15) is 0 Å². The minimum absolute atomic E-state index is 0.152. The van der Waals surface area contributed by atoms with Gasteiger partial charge in [-0.25, -0.2) is 9.78 Å². The third kappa shape index (κ3) is 2.99. The van der Waals surface area contributed by atoms with E-state index in [1.54, 1.807) is 0 Å². The fourth-order valence-corrected chi connectivity index (χ4v) is 3.18. The van der Waals surface area contributed by atoms with Gasteiger partial charge in [-0.15, -0.1) is 11.3 Å². The van der Waals surface area contributed by atoms with E-state index in [0.717, 1.165) is 11.4 Å². The first-order valence-electron chi connectivity index (χ1n) is 6.65. The van der Waals surface area contributed by atoms with Crippen LogP contribution >= 0.6 is 11.3 Å². The molecule has 110 valence electrons. The molecule has 1 N–H and O–H groups in total. The Morgan fingerprint density at radius 3 is 3.05 bits per heavy atom. The van der Waals surface area contributed by atoms with Crippen molar-refractivity contribution in [2.75, 3.05) is 13.2 Å². The summed E-state index contributed by atoms with van der Waals surface area (Å²) in [6, 6.07) is -0.711. The molecule has 0 bridgehead atoms. The molecule has 0 aromatic carbocycles. The van der Waals surface area contributed by atoms with Gasteiger partial charge in [0.2, 0.25) is 0 Å². The lowest BCUT2D eigenvalue weighted by Crippen LogP contribution is -2.40. The first kappa shape index (κ1) is 14.9. The Balaban J connectivity index is 2.11. The highest BCUT2D eigenvalue weighted by Crippen LogP contribution is 2.26. The maximum absolute atomic E-state index is 12.3. The molecule has 6 nitrogen and oxygen atoms in total. The molecular weight excluding hydrogens is 280 g/mol. The van der Waals surface area contributed by atoms with E-state index in [4.69, 9.17) is 9.84 Å². The maximum atomic E-state index is 12.3. The number of aromatic nitrogens is 1. The van der Waals surface area contributed by atoms with Crippen molar-refractivity contribution in [1.82, 2.24) is 9.88 Å². The van der Waals surface area contributed by atoms with E-state index in [9.17, 15) is 9.59 Å². The second kappa shape index (κ2) is 6.32. The summed E-state index contributed by atoms with van der Waals surface area (Å²) in [5.74, 6) is -1.19. The molecule has 1 fully saturated rings. The number of amides is 1. The SMILES string of the molecule is CCOC(C)c1ncc(C(=O)N2CCC[C@H]2C(=O)O)s1. The van der Waals surface area contributed by atoms with Crippen LogP contribution in [0.2, 0.25) is 0 Å². The second-order valence-corrected chi connectivity index (χ2v) is 5.72. The van der Waals surface area contributed by atoms with Crippen LogP contribution in [0.1, 0.15) is 47.5 Å².